The molecule has 4 nitrogen and oxygen atoms in total. The standard InChI is InChI=1S/C16H23N3OS/c20-16(19-9-5-15-12(11-19)6-10-21-15)17-13-4-8-18-7-2-1-3-14(13)18/h6,10,13-14H,1-5,7-9,11H2,(H,17,20). The number of nitrogens with one attached hydrogen (secondary N) is 1. The molecule has 0 aliphatic carbocycles. The molecule has 5 heteroatoms. The summed E-state index contributed by atoms with van der Waals surface area (Å²) in [6, 6.07) is 3.26. The minimum atomic E-state index is 0.143. The van der Waals surface area contributed by atoms with Crippen molar-refractivity contribution in [2.24, 2.45) is 0 Å². The average Bonchev–Trinajstić information content (AvgIpc) is 3.13. The third-order valence-electron chi connectivity index (χ3n) is 5.26. The second kappa shape index (κ2) is 5.61. The number of piperidine rings is 1. The molecule has 2 unspecified atom stereocenters. The molecule has 2 amide bonds. The van der Waals surface area contributed by atoms with Crippen molar-refractivity contribution in [2.75, 3.05) is 19.6 Å². The zero-order chi connectivity index (χ0) is 14.2. The first-order valence-corrected chi connectivity index (χ1v) is 9.04. The lowest BCUT2D eigenvalue weighted by molar-refractivity contribution is 0.165. The van der Waals surface area contributed by atoms with Gasteiger partial charge in [-0.1, -0.05) is 6.42 Å². The number of hydrogen-bond donors (Lipinski definition) is 1. The van der Waals surface area contributed by atoms with Gasteiger partial charge in [0.05, 0.1) is 0 Å². The fourth-order valence-corrected chi connectivity index (χ4v) is 4.98. The Morgan fingerprint density at radius 3 is 3.14 bits per heavy atom. The van der Waals surface area contributed by atoms with Crippen LogP contribution in [0.1, 0.15) is 36.1 Å². The first kappa shape index (κ1) is 13.6. The fraction of sp³-hybridized carbons (Fsp3) is 0.688. The third-order valence-corrected chi connectivity index (χ3v) is 6.28. The number of hydrogen-bond acceptors (Lipinski definition) is 3. The van der Waals surface area contributed by atoms with Gasteiger partial charge in [0.25, 0.3) is 0 Å². The summed E-state index contributed by atoms with van der Waals surface area (Å²) in [5.41, 5.74) is 1.34. The number of carbonyl (C=O) groups excluding carboxylic acids is 1. The van der Waals surface area contributed by atoms with Gasteiger partial charge < -0.3 is 10.2 Å². The molecule has 1 N–H and O–H groups in total. The Morgan fingerprint density at radius 2 is 2.19 bits per heavy atom. The van der Waals surface area contributed by atoms with Crippen molar-refractivity contribution in [2.45, 2.75) is 50.7 Å². The monoisotopic (exact) mass is 305 g/mol. The summed E-state index contributed by atoms with van der Waals surface area (Å²) in [5.74, 6) is 0. The molecule has 3 aliphatic rings. The van der Waals surface area contributed by atoms with E-state index in [1.807, 2.05) is 16.2 Å². The topological polar surface area (TPSA) is 35.6 Å². The molecular formula is C16H23N3OS. The number of nitrogens with zero attached hydrogens (tertiary/aromatic N) is 2. The summed E-state index contributed by atoms with van der Waals surface area (Å²) < 4.78 is 0. The molecule has 114 valence electrons. The van der Waals surface area contributed by atoms with Gasteiger partial charge in [-0.25, -0.2) is 4.79 Å². The van der Waals surface area contributed by atoms with Gasteiger partial charge >= 0.3 is 6.03 Å². The van der Waals surface area contributed by atoms with Crippen molar-refractivity contribution >= 4 is 17.4 Å². The maximum Gasteiger partial charge on any atom is 0.317 e. The minimum absolute atomic E-state index is 0.143. The van der Waals surface area contributed by atoms with Crippen LogP contribution in [-0.2, 0) is 13.0 Å². The van der Waals surface area contributed by atoms with Crippen LogP contribution in [-0.4, -0.2) is 47.5 Å². The molecule has 4 rings (SSSR count). The number of fused-ring (bicyclic) bond motifs is 2. The molecule has 0 bridgehead atoms. The fourth-order valence-electron chi connectivity index (χ4n) is 4.09. The number of amides is 2. The minimum Gasteiger partial charge on any atom is -0.334 e. The van der Waals surface area contributed by atoms with Crippen LogP contribution in [0, 0.1) is 0 Å². The molecule has 0 radical (unpaired) electrons. The molecule has 2 saturated heterocycles. The quantitative estimate of drug-likeness (QED) is 0.865. The van der Waals surface area contributed by atoms with Crippen molar-refractivity contribution in [3.63, 3.8) is 0 Å². The summed E-state index contributed by atoms with van der Waals surface area (Å²) in [6.07, 6.45) is 6.02. The Hall–Kier alpha value is -1.07. The zero-order valence-electron chi connectivity index (χ0n) is 12.4. The van der Waals surface area contributed by atoms with E-state index in [1.165, 1.54) is 36.2 Å². The number of thiophene rings is 1. The average molecular weight is 305 g/mol. The van der Waals surface area contributed by atoms with E-state index in [1.54, 1.807) is 0 Å². The maximum atomic E-state index is 12.6. The van der Waals surface area contributed by atoms with E-state index < -0.39 is 0 Å². The van der Waals surface area contributed by atoms with Gasteiger partial charge in [-0.3, -0.25) is 4.90 Å². The van der Waals surface area contributed by atoms with Crippen LogP contribution in [0.5, 0.6) is 0 Å². The summed E-state index contributed by atoms with van der Waals surface area (Å²) in [6.45, 7) is 4.02. The summed E-state index contributed by atoms with van der Waals surface area (Å²) >= 11 is 1.82. The molecule has 2 fully saturated rings. The van der Waals surface area contributed by atoms with Crippen LogP contribution >= 0.6 is 11.3 Å². The predicted molar refractivity (Wildman–Crippen MR) is 84.6 cm³/mol. The smallest absolute Gasteiger partial charge is 0.317 e. The molecule has 2 atom stereocenters. The first-order chi connectivity index (χ1) is 10.3. The molecule has 3 aliphatic heterocycles. The molecule has 1 aromatic rings. The lowest BCUT2D eigenvalue weighted by atomic mass is 9.99. The molecule has 0 saturated carbocycles. The van der Waals surface area contributed by atoms with E-state index in [9.17, 15) is 4.79 Å². The van der Waals surface area contributed by atoms with E-state index >= 15 is 0 Å². The van der Waals surface area contributed by atoms with Crippen LogP contribution in [0.2, 0.25) is 0 Å². The van der Waals surface area contributed by atoms with Crippen molar-refractivity contribution in [1.82, 2.24) is 15.1 Å². The normalized spacial score (nSPS) is 29.0. The molecule has 0 spiro atoms. The van der Waals surface area contributed by atoms with Gasteiger partial charge in [-0.05, 0) is 49.2 Å². The van der Waals surface area contributed by atoms with Crippen LogP contribution in [0.3, 0.4) is 0 Å². The second-order valence-electron chi connectivity index (χ2n) is 6.48. The Labute approximate surface area is 130 Å². The van der Waals surface area contributed by atoms with Crippen LogP contribution in [0.25, 0.3) is 0 Å². The highest BCUT2D eigenvalue weighted by Crippen LogP contribution is 2.28. The van der Waals surface area contributed by atoms with Crippen LogP contribution < -0.4 is 5.32 Å². The highest BCUT2D eigenvalue weighted by Gasteiger charge is 2.37. The highest BCUT2D eigenvalue weighted by atomic mass is 32.1. The van der Waals surface area contributed by atoms with Crippen molar-refractivity contribution in [3.05, 3.63) is 21.9 Å². The van der Waals surface area contributed by atoms with Gasteiger partial charge in [0.15, 0.2) is 0 Å². The second-order valence-corrected chi connectivity index (χ2v) is 7.48. The Bertz CT molecular complexity index is 529. The van der Waals surface area contributed by atoms with E-state index in [-0.39, 0.29) is 6.03 Å². The van der Waals surface area contributed by atoms with E-state index in [0.29, 0.717) is 12.1 Å². The number of carbonyl (C=O) groups is 1. The van der Waals surface area contributed by atoms with Gasteiger partial charge in [0.2, 0.25) is 0 Å². The molecule has 1 aromatic heterocycles. The van der Waals surface area contributed by atoms with E-state index in [2.05, 4.69) is 21.7 Å². The Morgan fingerprint density at radius 1 is 1.24 bits per heavy atom. The van der Waals surface area contributed by atoms with Gasteiger partial charge in [-0.15, -0.1) is 11.3 Å². The lowest BCUT2D eigenvalue weighted by Crippen LogP contribution is -2.51. The van der Waals surface area contributed by atoms with Crippen molar-refractivity contribution in [1.29, 1.82) is 0 Å². The van der Waals surface area contributed by atoms with Crippen molar-refractivity contribution < 1.29 is 4.79 Å². The number of rotatable bonds is 1. The zero-order valence-corrected chi connectivity index (χ0v) is 13.2. The van der Waals surface area contributed by atoms with Crippen LogP contribution in [0.4, 0.5) is 4.79 Å². The largest absolute Gasteiger partial charge is 0.334 e. The van der Waals surface area contributed by atoms with Crippen LogP contribution in [0.15, 0.2) is 11.4 Å². The molecule has 4 heterocycles. The lowest BCUT2D eigenvalue weighted by Gasteiger charge is -2.34. The van der Waals surface area contributed by atoms with E-state index in [4.69, 9.17) is 0 Å². The van der Waals surface area contributed by atoms with Gasteiger partial charge in [-0.2, -0.15) is 0 Å². The Balaban J connectivity index is 1.38. The molecular weight excluding hydrogens is 282 g/mol. The summed E-state index contributed by atoms with van der Waals surface area (Å²) in [4.78, 5) is 18.6. The SMILES string of the molecule is O=C(NC1CCN2CCCCC12)N1CCc2sccc2C1. The molecule has 21 heavy (non-hydrogen) atoms. The third kappa shape index (κ3) is 2.57. The summed E-state index contributed by atoms with van der Waals surface area (Å²) in [7, 11) is 0. The summed E-state index contributed by atoms with van der Waals surface area (Å²) in [5, 5.41) is 5.46. The Kier molecular flexibility index (Phi) is 3.63. The van der Waals surface area contributed by atoms with Gasteiger partial charge in [0, 0.05) is 36.6 Å². The maximum absolute atomic E-state index is 12.6. The van der Waals surface area contributed by atoms with E-state index in [0.717, 1.165) is 32.5 Å². The highest BCUT2D eigenvalue weighted by molar-refractivity contribution is 7.10. The first-order valence-electron chi connectivity index (χ1n) is 8.16. The van der Waals surface area contributed by atoms with Gasteiger partial charge in [0.1, 0.15) is 0 Å². The number of urea groups is 1. The molecule has 0 aromatic carbocycles. The van der Waals surface area contributed by atoms with Crippen molar-refractivity contribution in [3.8, 4) is 0 Å². The predicted octanol–water partition coefficient (Wildman–Crippen LogP) is 2.44.